The molecule has 0 aliphatic rings. The summed E-state index contributed by atoms with van der Waals surface area (Å²) in [5, 5.41) is 6.32. The maximum Gasteiger partial charge on any atom is 0.165 e. The summed E-state index contributed by atoms with van der Waals surface area (Å²) in [6.07, 6.45) is 0. The molecule has 0 heterocycles. The summed E-state index contributed by atoms with van der Waals surface area (Å²) in [6, 6.07) is 10.7. The van der Waals surface area contributed by atoms with Crippen LogP contribution in [0.4, 0.5) is 0 Å². The summed E-state index contributed by atoms with van der Waals surface area (Å²) in [4.78, 5) is 5.26. The molecule has 0 aliphatic heterocycles. The molecule has 0 spiro atoms. The molecule has 0 atom stereocenters. The highest BCUT2D eigenvalue weighted by Gasteiger charge is 1.97. The minimum absolute atomic E-state index is 0. The molecular weight excluding hydrogens is 236 g/mol. The number of benzene rings is 1. The van der Waals surface area contributed by atoms with E-state index >= 15 is 0 Å². The third kappa shape index (κ3) is 6.97. The van der Waals surface area contributed by atoms with Crippen LogP contribution in [0.25, 0.3) is 0 Å². The lowest BCUT2D eigenvalue weighted by atomic mass is 10.1. The van der Waals surface area contributed by atoms with Gasteiger partial charge in [-0.1, -0.05) is 35.5 Å². The van der Waals surface area contributed by atoms with Crippen LogP contribution in [0, 0.1) is 0 Å². The van der Waals surface area contributed by atoms with Gasteiger partial charge >= 0.3 is 0 Å². The maximum absolute atomic E-state index is 5.26. The molecule has 0 radical (unpaired) electrons. The highest BCUT2D eigenvalue weighted by atomic mass is 35.5. The normalized spacial score (nSPS) is 11.2. The van der Waals surface area contributed by atoms with Crippen LogP contribution < -0.4 is 17.7 Å². The summed E-state index contributed by atoms with van der Waals surface area (Å²) in [5.74, 6) is 0. The smallest absolute Gasteiger partial charge is 0.165 e. The van der Waals surface area contributed by atoms with E-state index in [9.17, 15) is 0 Å². The van der Waals surface area contributed by atoms with Gasteiger partial charge in [0.2, 0.25) is 0 Å². The van der Waals surface area contributed by atoms with Gasteiger partial charge in [-0.25, -0.2) is 0 Å². The zero-order valence-electron chi connectivity index (χ0n) is 10.7. The number of oxime groups is 1. The molecule has 0 unspecified atom stereocenters. The molecule has 3 nitrogen and oxygen atoms in total. The van der Waals surface area contributed by atoms with Crippen molar-refractivity contribution in [3.8, 4) is 0 Å². The van der Waals surface area contributed by atoms with E-state index in [1.165, 1.54) is 0 Å². The van der Waals surface area contributed by atoms with Crippen molar-refractivity contribution in [2.24, 2.45) is 5.16 Å². The average molecular weight is 257 g/mol. The van der Waals surface area contributed by atoms with E-state index in [4.69, 9.17) is 4.84 Å². The Hall–Kier alpha value is -1.06. The number of hydrogen-bond donors (Lipinski definition) is 1. The van der Waals surface area contributed by atoms with Crippen LogP contribution in [0.15, 0.2) is 35.5 Å². The molecule has 1 aromatic rings. The summed E-state index contributed by atoms with van der Waals surface area (Å²) < 4.78 is 0. The second kappa shape index (κ2) is 9.02. The lowest BCUT2D eigenvalue weighted by molar-refractivity contribution is -0.684. The summed E-state index contributed by atoms with van der Waals surface area (Å²) in [6.45, 7) is 7.89. The number of rotatable bonds is 6. The van der Waals surface area contributed by atoms with Crippen LogP contribution in [-0.4, -0.2) is 24.9 Å². The molecule has 0 amide bonds. The minimum Gasteiger partial charge on any atom is -1.00 e. The van der Waals surface area contributed by atoms with Gasteiger partial charge in [-0.15, -0.1) is 0 Å². The first-order chi connectivity index (χ1) is 7.70. The fraction of sp³-hybridized carbons (Fsp3) is 0.462. The highest BCUT2D eigenvalue weighted by molar-refractivity contribution is 5.98. The van der Waals surface area contributed by atoms with Gasteiger partial charge in [-0.3, -0.25) is 0 Å². The van der Waals surface area contributed by atoms with Gasteiger partial charge in [-0.05, 0) is 26.3 Å². The van der Waals surface area contributed by atoms with Crippen molar-refractivity contribution < 1.29 is 22.6 Å². The maximum atomic E-state index is 5.26. The van der Waals surface area contributed by atoms with Gasteiger partial charge in [-0.2, -0.15) is 0 Å². The second-order valence-electron chi connectivity index (χ2n) is 4.14. The van der Waals surface area contributed by atoms with Crippen molar-refractivity contribution in [2.45, 2.75) is 26.8 Å². The largest absolute Gasteiger partial charge is 1.00 e. The molecule has 4 heteroatoms. The Morgan fingerprint density at radius 1 is 1.29 bits per heavy atom. The lowest BCUT2D eigenvalue weighted by Crippen LogP contribution is -3.00. The van der Waals surface area contributed by atoms with E-state index < -0.39 is 0 Å². The predicted octanol–water partition coefficient (Wildman–Crippen LogP) is -1.60. The van der Waals surface area contributed by atoms with Crippen LogP contribution in [-0.2, 0) is 4.84 Å². The van der Waals surface area contributed by atoms with E-state index in [-0.39, 0.29) is 12.4 Å². The van der Waals surface area contributed by atoms with Crippen LogP contribution >= 0.6 is 0 Å². The number of halogens is 1. The van der Waals surface area contributed by atoms with Crippen molar-refractivity contribution in [3.63, 3.8) is 0 Å². The van der Waals surface area contributed by atoms with Crippen LogP contribution in [0.1, 0.15) is 26.3 Å². The number of nitrogens with zero attached hydrogens (tertiary/aromatic N) is 1. The molecule has 1 aromatic carbocycles. The fourth-order valence-electron chi connectivity index (χ4n) is 1.33. The van der Waals surface area contributed by atoms with Crippen molar-refractivity contribution in [1.82, 2.24) is 0 Å². The molecule has 0 aromatic heterocycles. The zero-order chi connectivity index (χ0) is 11.8. The Morgan fingerprint density at radius 2 is 1.94 bits per heavy atom. The number of nitrogens with two attached hydrogens (primary N) is 1. The first kappa shape index (κ1) is 15.9. The van der Waals surface area contributed by atoms with E-state index in [0.29, 0.717) is 12.6 Å². The SMILES string of the molecule is C/C(=N\OCC[NH2+]C(C)C)c1ccccc1.[Cl-]. The Labute approximate surface area is 110 Å². The summed E-state index contributed by atoms with van der Waals surface area (Å²) in [7, 11) is 0. The molecular formula is C13H21ClN2O. The van der Waals surface area contributed by atoms with Crippen LogP contribution in [0.2, 0.25) is 0 Å². The monoisotopic (exact) mass is 256 g/mol. The van der Waals surface area contributed by atoms with E-state index in [0.717, 1.165) is 17.8 Å². The molecule has 2 N–H and O–H groups in total. The van der Waals surface area contributed by atoms with E-state index in [1.807, 2.05) is 37.3 Å². The molecule has 17 heavy (non-hydrogen) atoms. The number of hydrogen-bond acceptors (Lipinski definition) is 2. The topological polar surface area (TPSA) is 38.2 Å². The second-order valence-corrected chi connectivity index (χ2v) is 4.14. The van der Waals surface area contributed by atoms with Crippen LogP contribution in [0.5, 0.6) is 0 Å². The minimum atomic E-state index is 0. The predicted molar refractivity (Wildman–Crippen MR) is 66.5 cm³/mol. The quantitative estimate of drug-likeness (QED) is 0.372. The van der Waals surface area contributed by atoms with Gasteiger partial charge in [0.15, 0.2) is 6.61 Å². The van der Waals surface area contributed by atoms with Crippen molar-refractivity contribution in [1.29, 1.82) is 0 Å². The average Bonchev–Trinajstić information content (AvgIpc) is 2.29. The number of quaternary nitrogens is 1. The Kier molecular flexibility index (Phi) is 8.46. The molecule has 96 valence electrons. The summed E-state index contributed by atoms with van der Waals surface area (Å²) in [5.41, 5.74) is 2.03. The molecule has 0 saturated heterocycles. The first-order valence-electron chi connectivity index (χ1n) is 5.75. The van der Waals surface area contributed by atoms with Crippen molar-refractivity contribution >= 4 is 5.71 Å². The van der Waals surface area contributed by atoms with Gasteiger partial charge < -0.3 is 22.6 Å². The van der Waals surface area contributed by atoms with Gasteiger partial charge in [0.1, 0.15) is 6.54 Å². The lowest BCUT2D eigenvalue weighted by Gasteiger charge is -2.04. The van der Waals surface area contributed by atoms with Gasteiger partial charge in [0.05, 0.1) is 11.8 Å². The van der Waals surface area contributed by atoms with E-state index in [1.54, 1.807) is 0 Å². The van der Waals surface area contributed by atoms with Gasteiger partial charge in [0, 0.05) is 0 Å². The third-order valence-electron chi connectivity index (χ3n) is 2.24. The Balaban J connectivity index is 0.00000256. The van der Waals surface area contributed by atoms with Gasteiger partial charge in [0.25, 0.3) is 0 Å². The zero-order valence-corrected chi connectivity index (χ0v) is 11.4. The highest BCUT2D eigenvalue weighted by Crippen LogP contribution is 2.00. The van der Waals surface area contributed by atoms with Crippen LogP contribution in [0.3, 0.4) is 0 Å². The molecule has 1 rings (SSSR count). The van der Waals surface area contributed by atoms with Crippen molar-refractivity contribution in [3.05, 3.63) is 35.9 Å². The Bertz CT molecular complexity index is 325. The first-order valence-corrected chi connectivity index (χ1v) is 5.75. The third-order valence-corrected chi connectivity index (χ3v) is 2.24. The molecule has 0 aliphatic carbocycles. The molecule has 0 bridgehead atoms. The molecule has 0 fully saturated rings. The summed E-state index contributed by atoms with van der Waals surface area (Å²) >= 11 is 0. The standard InChI is InChI=1S/C13H20N2O.ClH/c1-11(2)14-9-10-16-15-12(3)13-7-5-4-6-8-13;/h4-8,11,14H,9-10H2,1-3H3;1H/b15-12+;. The van der Waals surface area contributed by atoms with Crippen molar-refractivity contribution in [2.75, 3.05) is 13.2 Å². The fourth-order valence-corrected chi connectivity index (χ4v) is 1.33. The van der Waals surface area contributed by atoms with E-state index in [2.05, 4.69) is 24.3 Å². The Morgan fingerprint density at radius 3 is 2.53 bits per heavy atom. The molecule has 0 saturated carbocycles.